The molecule has 1 atom stereocenters. The van der Waals surface area contributed by atoms with Gasteiger partial charge in [-0.3, -0.25) is 5.32 Å². The van der Waals surface area contributed by atoms with E-state index in [-0.39, 0.29) is 5.92 Å². The average Bonchev–Trinajstić information content (AvgIpc) is 2.75. The lowest BCUT2D eigenvalue weighted by atomic mass is 9.86. The Kier molecular flexibility index (Phi) is 4.96. The quantitative estimate of drug-likeness (QED) is 0.590. The number of esters is 1. The molecule has 0 spiro atoms. The van der Waals surface area contributed by atoms with E-state index in [0.29, 0.717) is 6.42 Å². The van der Waals surface area contributed by atoms with Crippen molar-refractivity contribution in [2.45, 2.75) is 64.0 Å². The molecule has 0 saturated heterocycles. The smallest absolute Gasteiger partial charge is 0.338 e. The SMILES string of the molecule is CN[C@@](CC1CCCC1)(C(=O)O)C(=O)OC(C)(C)C. The van der Waals surface area contributed by atoms with Crippen LogP contribution in [-0.4, -0.2) is 35.2 Å². The van der Waals surface area contributed by atoms with E-state index in [2.05, 4.69) is 5.32 Å². The maximum absolute atomic E-state index is 12.3. The minimum absolute atomic E-state index is 0.274. The van der Waals surface area contributed by atoms with Crippen LogP contribution in [0.25, 0.3) is 0 Å². The molecule has 0 aromatic heterocycles. The monoisotopic (exact) mass is 271 g/mol. The van der Waals surface area contributed by atoms with Crippen LogP contribution in [0.4, 0.5) is 0 Å². The van der Waals surface area contributed by atoms with Crippen LogP contribution >= 0.6 is 0 Å². The van der Waals surface area contributed by atoms with E-state index >= 15 is 0 Å². The van der Waals surface area contributed by atoms with Crippen molar-refractivity contribution in [2.75, 3.05) is 7.05 Å². The predicted molar refractivity (Wildman–Crippen MR) is 71.8 cm³/mol. The van der Waals surface area contributed by atoms with Gasteiger partial charge in [-0.15, -0.1) is 0 Å². The van der Waals surface area contributed by atoms with Gasteiger partial charge in [-0.05, 0) is 40.2 Å². The summed E-state index contributed by atoms with van der Waals surface area (Å²) in [6, 6.07) is 0. The molecule has 0 radical (unpaired) electrons. The summed E-state index contributed by atoms with van der Waals surface area (Å²) in [5.74, 6) is -1.57. The zero-order chi connectivity index (χ0) is 14.7. The molecule has 1 aliphatic rings. The van der Waals surface area contributed by atoms with Gasteiger partial charge in [0.15, 0.2) is 0 Å². The second-order valence-electron chi connectivity index (χ2n) is 6.32. The first kappa shape index (κ1) is 16.0. The van der Waals surface area contributed by atoms with E-state index in [0.717, 1.165) is 25.7 Å². The van der Waals surface area contributed by atoms with Crippen molar-refractivity contribution in [3.8, 4) is 0 Å². The van der Waals surface area contributed by atoms with Gasteiger partial charge in [0.2, 0.25) is 5.54 Å². The fourth-order valence-corrected chi connectivity index (χ4v) is 2.58. The fourth-order valence-electron chi connectivity index (χ4n) is 2.58. The van der Waals surface area contributed by atoms with Gasteiger partial charge in [-0.25, -0.2) is 9.59 Å². The van der Waals surface area contributed by atoms with E-state index in [4.69, 9.17) is 4.74 Å². The first-order valence-electron chi connectivity index (χ1n) is 6.87. The Balaban J connectivity index is 2.90. The fraction of sp³-hybridized carbons (Fsp3) is 0.857. The summed E-state index contributed by atoms with van der Waals surface area (Å²) in [5.41, 5.74) is -2.31. The largest absolute Gasteiger partial charge is 0.479 e. The van der Waals surface area contributed by atoms with Gasteiger partial charge < -0.3 is 9.84 Å². The lowest BCUT2D eigenvalue weighted by Gasteiger charge is -2.32. The number of likely N-dealkylation sites (N-methyl/N-ethyl adjacent to an activating group) is 1. The number of carboxylic acid groups (broad SMARTS) is 1. The Morgan fingerprint density at radius 1 is 1.26 bits per heavy atom. The Morgan fingerprint density at radius 2 is 1.79 bits per heavy atom. The number of nitrogens with one attached hydrogen (secondary N) is 1. The van der Waals surface area contributed by atoms with E-state index in [1.54, 1.807) is 20.8 Å². The normalized spacial score (nSPS) is 20.0. The third kappa shape index (κ3) is 3.93. The lowest BCUT2D eigenvalue weighted by molar-refractivity contribution is -0.172. The number of hydrogen-bond acceptors (Lipinski definition) is 4. The van der Waals surface area contributed by atoms with Crippen molar-refractivity contribution in [1.82, 2.24) is 5.32 Å². The number of carbonyl (C=O) groups excluding carboxylic acids is 1. The van der Waals surface area contributed by atoms with E-state index in [9.17, 15) is 14.7 Å². The number of carbonyl (C=O) groups is 2. The zero-order valence-corrected chi connectivity index (χ0v) is 12.3. The van der Waals surface area contributed by atoms with Gasteiger partial charge >= 0.3 is 11.9 Å². The molecule has 0 aromatic rings. The molecule has 0 heterocycles. The molecule has 0 amide bonds. The summed E-state index contributed by atoms with van der Waals surface area (Å²) in [5, 5.41) is 12.2. The van der Waals surface area contributed by atoms with Crippen molar-refractivity contribution in [3.63, 3.8) is 0 Å². The van der Waals surface area contributed by atoms with Crippen molar-refractivity contribution >= 4 is 11.9 Å². The van der Waals surface area contributed by atoms with Crippen LogP contribution in [0, 0.1) is 5.92 Å². The Hall–Kier alpha value is -1.10. The van der Waals surface area contributed by atoms with Gasteiger partial charge in [0.05, 0.1) is 0 Å². The topological polar surface area (TPSA) is 75.6 Å². The molecule has 1 rings (SSSR count). The molecule has 110 valence electrons. The summed E-state index contributed by atoms with van der Waals surface area (Å²) < 4.78 is 5.28. The third-order valence-electron chi connectivity index (χ3n) is 3.61. The second kappa shape index (κ2) is 5.90. The predicted octanol–water partition coefficient (Wildman–Crippen LogP) is 1.95. The van der Waals surface area contributed by atoms with Crippen LogP contribution in [-0.2, 0) is 14.3 Å². The van der Waals surface area contributed by atoms with Crippen molar-refractivity contribution < 1.29 is 19.4 Å². The van der Waals surface area contributed by atoms with E-state index in [1.807, 2.05) is 0 Å². The van der Waals surface area contributed by atoms with Crippen LogP contribution < -0.4 is 5.32 Å². The first-order chi connectivity index (χ1) is 8.71. The molecule has 0 unspecified atom stereocenters. The van der Waals surface area contributed by atoms with Gasteiger partial charge in [0, 0.05) is 0 Å². The molecular formula is C14H25NO4. The van der Waals surface area contributed by atoms with Gasteiger partial charge in [0.25, 0.3) is 0 Å². The summed E-state index contributed by atoms with van der Waals surface area (Å²) in [6.45, 7) is 5.22. The molecule has 1 aliphatic carbocycles. The van der Waals surface area contributed by atoms with Crippen molar-refractivity contribution in [3.05, 3.63) is 0 Å². The molecule has 19 heavy (non-hydrogen) atoms. The first-order valence-corrected chi connectivity index (χ1v) is 6.87. The van der Waals surface area contributed by atoms with Crippen molar-refractivity contribution in [1.29, 1.82) is 0 Å². The minimum Gasteiger partial charge on any atom is -0.479 e. The molecule has 1 fully saturated rings. The molecule has 1 saturated carbocycles. The van der Waals surface area contributed by atoms with Crippen LogP contribution in [0.15, 0.2) is 0 Å². The maximum Gasteiger partial charge on any atom is 0.338 e. The summed E-state index contributed by atoms with van der Waals surface area (Å²) in [6.07, 6.45) is 4.49. The highest BCUT2D eigenvalue weighted by Crippen LogP contribution is 2.33. The molecule has 5 nitrogen and oxygen atoms in total. The van der Waals surface area contributed by atoms with E-state index < -0.39 is 23.1 Å². The molecule has 2 N–H and O–H groups in total. The van der Waals surface area contributed by atoms with E-state index in [1.165, 1.54) is 7.05 Å². The lowest BCUT2D eigenvalue weighted by Crippen LogP contribution is -2.59. The molecule has 0 bridgehead atoms. The highest BCUT2D eigenvalue weighted by Gasteiger charge is 2.49. The Labute approximate surface area is 114 Å². The number of hydrogen-bond donors (Lipinski definition) is 2. The highest BCUT2D eigenvalue weighted by molar-refractivity contribution is 6.04. The average molecular weight is 271 g/mol. The summed E-state index contributed by atoms with van der Waals surface area (Å²) in [4.78, 5) is 23.9. The molecular weight excluding hydrogens is 246 g/mol. The van der Waals surface area contributed by atoms with Crippen LogP contribution in [0.3, 0.4) is 0 Å². The standard InChI is InChI=1S/C14H25NO4/c1-13(2,3)19-12(18)14(15-4,11(16)17)9-10-7-5-6-8-10/h10,15H,5-9H2,1-4H3,(H,16,17)/t14-/m0/s1. The Bertz CT molecular complexity index is 342. The van der Waals surface area contributed by atoms with Gasteiger partial charge in [-0.2, -0.15) is 0 Å². The molecule has 5 heteroatoms. The second-order valence-corrected chi connectivity index (χ2v) is 6.32. The highest BCUT2D eigenvalue weighted by atomic mass is 16.6. The minimum atomic E-state index is -1.62. The van der Waals surface area contributed by atoms with Crippen molar-refractivity contribution in [2.24, 2.45) is 5.92 Å². The number of ether oxygens (including phenoxy) is 1. The zero-order valence-electron chi connectivity index (χ0n) is 12.3. The number of carboxylic acids is 1. The molecule has 0 aromatic carbocycles. The summed E-state index contributed by atoms with van der Waals surface area (Å²) >= 11 is 0. The molecule has 0 aliphatic heterocycles. The maximum atomic E-state index is 12.3. The van der Waals surface area contributed by atoms with Gasteiger partial charge in [0.1, 0.15) is 5.60 Å². The Morgan fingerprint density at radius 3 is 2.16 bits per heavy atom. The number of aliphatic carboxylic acids is 1. The summed E-state index contributed by atoms with van der Waals surface area (Å²) in [7, 11) is 1.51. The van der Waals surface area contributed by atoms with Crippen LogP contribution in [0.2, 0.25) is 0 Å². The van der Waals surface area contributed by atoms with Crippen LogP contribution in [0.5, 0.6) is 0 Å². The van der Waals surface area contributed by atoms with Gasteiger partial charge in [-0.1, -0.05) is 25.7 Å². The number of rotatable bonds is 5. The third-order valence-corrected chi connectivity index (χ3v) is 3.61. The van der Waals surface area contributed by atoms with Crippen LogP contribution in [0.1, 0.15) is 52.9 Å².